The molecule has 0 atom stereocenters. The molecular formula is C15H10BrClN2. The fourth-order valence-corrected chi connectivity index (χ4v) is 2.65. The number of hydrogen-bond acceptors (Lipinski definition) is 2. The predicted octanol–water partition coefficient (Wildman–Crippen LogP) is 5.39. The third kappa shape index (κ3) is 2.72. The molecule has 2 aromatic carbocycles. The summed E-state index contributed by atoms with van der Waals surface area (Å²) in [7, 11) is 0. The lowest BCUT2D eigenvalue weighted by Crippen LogP contribution is -1.94. The monoisotopic (exact) mass is 332 g/mol. The van der Waals surface area contributed by atoms with E-state index >= 15 is 0 Å². The Morgan fingerprint density at radius 3 is 2.58 bits per heavy atom. The van der Waals surface area contributed by atoms with Crippen LogP contribution in [0.1, 0.15) is 0 Å². The second-order valence-electron chi connectivity index (χ2n) is 4.17. The van der Waals surface area contributed by atoms with Crippen LogP contribution in [0.5, 0.6) is 0 Å². The lowest BCUT2D eigenvalue weighted by atomic mass is 10.1. The van der Waals surface area contributed by atoms with E-state index in [4.69, 9.17) is 11.6 Å². The van der Waals surface area contributed by atoms with Gasteiger partial charge in [0.15, 0.2) is 0 Å². The molecule has 0 bridgehead atoms. The van der Waals surface area contributed by atoms with Gasteiger partial charge in [0.05, 0.1) is 9.50 Å². The number of anilines is 2. The molecule has 94 valence electrons. The van der Waals surface area contributed by atoms with Crippen LogP contribution in [0.3, 0.4) is 0 Å². The van der Waals surface area contributed by atoms with Gasteiger partial charge >= 0.3 is 0 Å². The zero-order valence-electron chi connectivity index (χ0n) is 9.90. The smallest absolute Gasteiger partial charge is 0.144 e. The minimum Gasteiger partial charge on any atom is -0.339 e. The summed E-state index contributed by atoms with van der Waals surface area (Å²) in [5.74, 6) is 0.750. The molecule has 1 aromatic heterocycles. The highest BCUT2D eigenvalue weighted by Crippen LogP contribution is 2.27. The van der Waals surface area contributed by atoms with Crippen LogP contribution >= 0.6 is 27.5 Å². The zero-order chi connectivity index (χ0) is 13.2. The quantitative estimate of drug-likeness (QED) is 0.679. The first-order chi connectivity index (χ1) is 9.22. The van der Waals surface area contributed by atoms with Crippen LogP contribution in [0.2, 0.25) is 5.02 Å². The van der Waals surface area contributed by atoms with Crippen molar-refractivity contribution in [1.29, 1.82) is 0 Å². The van der Waals surface area contributed by atoms with Gasteiger partial charge in [0.2, 0.25) is 0 Å². The number of hydrogen-bond donors (Lipinski definition) is 1. The van der Waals surface area contributed by atoms with Gasteiger partial charge in [-0.1, -0.05) is 41.9 Å². The first kappa shape index (κ1) is 12.5. The van der Waals surface area contributed by atoms with Crippen molar-refractivity contribution in [3.8, 4) is 0 Å². The van der Waals surface area contributed by atoms with E-state index in [9.17, 15) is 0 Å². The van der Waals surface area contributed by atoms with Crippen molar-refractivity contribution in [3.05, 3.63) is 64.2 Å². The summed E-state index contributed by atoms with van der Waals surface area (Å²) < 4.78 is 0.841. The topological polar surface area (TPSA) is 24.9 Å². The Kier molecular flexibility index (Phi) is 3.40. The number of halogens is 2. The number of fused-ring (bicyclic) bond motifs is 1. The second kappa shape index (κ2) is 5.19. The maximum Gasteiger partial charge on any atom is 0.144 e. The Hall–Kier alpha value is -1.58. The Bertz CT molecular complexity index is 743. The zero-order valence-corrected chi connectivity index (χ0v) is 12.2. The van der Waals surface area contributed by atoms with Gasteiger partial charge in [-0.05, 0) is 44.9 Å². The van der Waals surface area contributed by atoms with Crippen molar-refractivity contribution in [2.45, 2.75) is 0 Å². The van der Waals surface area contributed by atoms with Gasteiger partial charge in [0, 0.05) is 11.9 Å². The molecule has 0 radical (unpaired) electrons. The Morgan fingerprint density at radius 1 is 1.00 bits per heavy atom. The average molecular weight is 334 g/mol. The highest BCUT2D eigenvalue weighted by molar-refractivity contribution is 9.10. The van der Waals surface area contributed by atoms with Gasteiger partial charge in [-0.3, -0.25) is 0 Å². The number of rotatable bonds is 2. The number of pyridine rings is 1. The summed E-state index contributed by atoms with van der Waals surface area (Å²) >= 11 is 9.32. The van der Waals surface area contributed by atoms with Crippen molar-refractivity contribution in [1.82, 2.24) is 4.98 Å². The lowest BCUT2D eigenvalue weighted by molar-refractivity contribution is 1.29. The van der Waals surface area contributed by atoms with E-state index in [0.717, 1.165) is 16.0 Å². The fourth-order valence-electron chi connectivity index (χ4n) is 1.91. The van der Waals surface area contributed by atoms with Gasteiger partial charge in [-0.25, -0.2) is 4.98 Å². The van der Waals surface area contributed by atoms with E-state index in [0.29, 0.717) is 5.02 Å². The molecule has 3 aromatic rings. The van der Waals surface area contributed by atoms with Crippen molar-refractivity contribution in [2.24, 2.45) is 0 Å². The molecule has 0 aliphatic heterocycles. The average Bonchev–Trinajstić information content (AvgIpc) is 2.42. The minimum atomic E-state index is 0.607. The third-order valence-corrected chi connectivity index (χ3v) is 3.63. The molecule has 1 heterocycles. The summed E-state index contributed by atoms with van der Waals surface area (Å²) in [6, 6.07) is 16.3. The van der Waals surface area contributed by atoms with Crippen LogP contribution in [-0.2, 0) is 0 Å². The van der Waals surface area contributed by atoms with Crippen molar-refractivity contribution >= 4 is 49.8 Å². The van der Waals surface area contributed by atoms with Crippen LogP contribution in [0.25, 0.3) is 10.8 Å². The molecule has 0 saturated heterocycles. The SMILES string of the molecule is Clc1cnc(Nc2ccc3ccccc3c2)c(Br)c1. The molecule has 1 N–H and O–H groups in total. The normalized spacial score (nSPS) is 10.6. The Balaban J connectivity index is 1.96. The molecule has 19 heavy (non-hydrogen) atoms. The van der Waals surface area contributed by atoms with Crippen LogP contribution in [-0.4, -0.2) is 4.98 Å². The van der Waals surface area contributed by atoms with Gasteiger partial charge in [-0.15, -0.1) is 0 Å². The highest BCUT2D eigenvalue weighted by atomic mass is 79.9. The lowest BCUT2D eigenvalue weighted by Gasteiger charge is -2.08. The molecule has 3 rings (SSSR count). The first-order valence-electron chi connectivity index (χ1n) is 5.79. The van der Waals surface area contributed by atoms with E-state index in [-0.39, 0.29) is 0 Å². The first-order valence-corrected chi connectivity index (χ1v) is 6.96. The van der Waals surface area contributed by atoms with Crippen LogP contribution < -0.4 is 5.32 Å². The number of benzene rings is 2. The van der Waals surface area contributed by atoms with Gasteiger partial charge in [-0.2, -0.15) is 0 Å². The summed E-state index contributed by atoms with van der Waals surface area (Å²) in [6.07, 6.45) is 1.62. The van der Waals surface area contributed by atoms with E-state index in [1.165, 1.54) is 10.8 Å². The molecule has 4 heteroatoms. The van der Waals surface area contributed by atoms with Gasteiger partial charge in [0.1, 0.15) is 5.82 Å². The van der Waals surface area contributed by atoms with Crippen LogP contribution in [0, 0.1) is 0 Å². The molecule has 0 fully saturated rings. The molecular weight excluding hydrogens is 324 g/mol. The van der Waals surface area contributed by atoms with E-state index < -0.39 is 0 Å². The Morgan fingerprint density at radius 2 is 1.79 bits per heavy atom. The number of nitrogens with one attached hydrogen (secondary N) is 1. The minimum absolute atomic E-state index is 0.607. The van der Waals surface area contributed by atoms with Crippen LogP contribution in [0.15, 0.2) is 59.2 Å². The van der Waals surface area contributed by atoms with Gasteiger partial charge < -0.3 is 5.32 Å². The van der Waals surface area contributed by atoms with E-state index in [1.54, 1.807) is 6.20 Å². The maximum atomic E-state index is 5.88. The predicted molar refractivity (Wildman–Crippen MR) is 84.2 cm³/mol. The summed E-state index contributed by atoms with van der Waals surface area (Å²) in [6.45, 7) is 0. The number of aromatic nitrogens is 1. The van der Waals surface area contributed by atoms with Gasteiger partial charge in [0.25, 0.3) is 0 Å². The molecule has 0 unspecified atom stereocenters. The van der Waals surface area contributed by atoms with Crippen molar-refractivity contribution < 1.29 is 0 Å². The highest BCUT2D eigenvalue weighted by Gasteiger charge is 2.03. The summed E-state index contributed by atoms with van der Waals surface area (Å²) in [5, 5.41) is 6.29. The number of nitrogens with zero attached hydrogens (tertiary/aromatic N) is 1. The molecule has 0 saturated carbocycles. The largest absolute Gasteiger partial charge is 0.339 e. The molecule has 0 aliphatic carbocycles. The maximum absolute atomic E-state index is 5.88. The molecule has 0 amide bonds. The second-order valence-corrected chi connectivity index (χ2v) is 5.46. The van der Waals surface area contributed by atoms with E-state index in [1.807, 2.05) is 24.3 Å². The van der Waals surface area contributed by atoms with E-state index in [2.05, 4.69) is 50.5 Å². The van der Waals surface area contributed by atoms with Crippen molar-refractivity contribution in [2.75, 3.05) is 5.32 Å². The Labute approximate surface area is 124 Å². The third-order valence-electron chi connectivity index (χ3n) is 2.82. The standard InChI is InChI=1S/C15H10BrClN2/c16-14-8-12(17)9-18-15(14)19-13-6-5-10-3-1-2-4-11(10)7-13/h1-9H,(H,18,19). The molecule has 0 aliphatic rings. The molecule has 0 spiro atoms. The summed E-state index contributed by atoms with van der Waals surface area (Å²) in [4.78, 5) is 4.26. The van der Waals surface area contributed by atoms with Crippen molar-refractivity contribution in [3.63, 3.8) is 0 Å². The molecule has 2 nitrogen and oxygen atoms in total. The van der Waals surface area contributed by atoms with Crippen LogP contribution in [0.4, 0.5) is 11.5 Å². The summed E-state index contributed by atoms with van der Waals surface area (Å²) in [5.41, 5.74) is 0.995. The fraction of sp³-hybridized carbons (Fsp3) is 0.